The maximum absolute atomic E-state index is 16.5. The number of rotatable bonds is 41. The number of benzene rings is 6. The van der Waals surface area contributed by atoms with Gasteiger partial charge in [-0.1, -0.05) is 107 Å². The largest absolute Gasteiger partial charge is 0.507 e. The number of nitrogens with two attached hydrogens (primary N) is 1. The zero-order valence-corrected chi connectivity index (χ0v) is 83.5. The van der Waals surface area contributed by atoms with Gasteiger partial charge in [0.2, 0.25) is 53.4 Å². The lowest BCUT2D eigenvalue weighted by atomic mass is 9.82. The summed E-state index contributed by atoms with van der Waals surface area (Å²) < 4.78 is 81.7. The molecule has 46 nitrogen and oxygen atoms in total. The van der Waals surface area contributed by atoms with E-state index in [2.05, 4.69) is 54.8 Å². The van der Waals surface area contributed by atoms with Crippen LogP contribution in [0.25, 0.3) is 11.1 Å². The van der Waals surface area contributed by atoms with E-state index in [4.69, 9.17) is 62.1 Å². The molecule has 11 bridgehead atoms. The normalized spacial score (nSPS) is 24.6. The fourth-order valence-electron chi connectivity index (χ4n) is 17.8. The Balaban J connectivity index is 1.06. The van der Waals surface area contributed by atoms with Gasteiger partial charge in [0.1, 0.15) is 95.2 Å². The molecule has 18 atom stereocenters. The SMILES string of the molecule is CCCCCCCCCCNCCN(CCC(=O)c1ccc(OCCCC(P(=O)(O)O)P(=O)(O)O)cc1)[C@@]1(C)C[C@H](O[C@H]2[C@H](Oc3c4cc5cc3Oc3ccc(cc3Cl)[C@@H](O)[C@@H](NC(=O)[C@@H](CC(C)C)NC)C(=O)N[C@@H](CC(N)=O)C(=O)N[C@H]5C(=O)N[C@H]3C(=O)N[C@H](C(=O)N[C@H](C(=O)O)c5cc(O)c(CNCP(=O)(O)O)c(O)c5-c5cc3ccc5O)[C@H](O)c3ccc(c(Cl)c3)O4)O[C@H](CO)[C@@H](O)[C@@H]2O)O[C@@H](C)[C@H]1O. The van der Waals surface area contributed by atoms with Crippen molar-refractivity contribution in [2.45, 2.75) is 246 Å². The van der Waals surface area contributed by atoms with Crippen molar-refractivity contribution < 1.29 is 170 Å². The number of fused-ring (bicyclic) bond motifs is 15. The molecule has 7 aliphatic heterocycles. The van der Waals surface area contributed by atoms with Gasteiger partial charge < -0.3 is 167 Å². The molecule has 0 saturated carbocycles. The zero-order valence-electron chi connectivity index (χ0n) is 79.3. The van der Waals surface area contributed by atoms with E-state index in [1.807, 2.05) is 4.90 Å². The van der Waals surface area contributed by atoms with Crippen molar-refractivity contribution >= 4 is 99.1 Å². The molecular weight excluding hydrogens is 1990 g/mol. The number of hydrogen-bond acceptors (Lipinski definition) is 32. The molecule has 7 aliphatic rings. The van der Waals surface area contributed by atoms with Crippen molar-refractivity contribution in [3.05, 3.63) is 146 Å². The van der Waals surface area contributed by atoms with E-state index in [0.29, 0.717) is 13.1 Å². The van der Waals surface area contributed by atoms with Crippen LogP contribution in [0.15, 0.2) is 97.1 Å². The van der Waals surface area contributed by atoms with E-state index in [1.165, 1.54) is 44.3 Å². The topological polar surface area (TPSA) is 731 Å². The van der Waals surface area contributed by atoms with Crippen LogP contribution in [-0.2, 0) is 72.8 Å². The van der Waals surface area contributed by atoms with Gasteiger partial charge >= 0.3 is 28.8 Å². The fourth-order valence-corrected chi connectivity index (χ4v) is 21.2. The molecule has 0 radical (unpaired) electrons. The monoisotopic (exact) mass is 2120 g/mol. The van der Waals surface area contributed by atoms with Crippen LogP contribution in [-0.4, -0.2) is 275 Å². The Hall–Kier alpha value is -10.1. The van der Waals surface area contributed by atoms with Crippen molar-refractivity contribution in [1.82, 2.24) is 52.8 Å². The number of primary amides is 1. The highest BCUT2D eigenvalue weighted by Gasteiger charge is 2.54. The lowest BCUT2D eigenvalue weighted by Crippen LogP contribution is -2.66. The summed E-state index contributed by atoms with van der Waals surface area (Å²) in [6.07, 6.45) is -14.1. The van der Waals surface area contributed by atoms with Crippen LogP contribution in [0.1, 0.15) is 199 Å². The molecule has 6 aromatic rings. The Morgan fingerprint density at radius 3 is 1.85 bits per heavy atom. The first-order valence-electron chi connectivity index (χ1n) is 46.7. The van der Waals surface area contributed by atoms with E-state index in [9.17, 15) is 113 Å². The number of aliphatic hydroxyl groups is 6. The molecule has 0 unspecified atom stereocenters. The molecule has 0 aliphatic carbocycles. The van der Waals surface area contributed by atoms with Crippen molar-refractivity contribution in [3.8, 4) is 62.9 Å². The number of nitrogens with zero attached hydrogens (tertiary/aromatic N) is 1. The average Bonchev–Trinajstić information content (AvgIpc) is 0.744. The Morgan fingerprint density at radius 2 is 1.26 bits per heavy atom. The minimum Gasteiger partial charge on any atom is -0.507 e. The van der Waals surface area contributed by atoms with Gasteiger partial charge in [-0.15, -0.1) is 0 Å². The molecule has 2 saturated heterocycles. The number of nitrogens with one attached hydrogen (secondary N) is 9. The van der Waals surface area contributed by atoms with Gasteiger partial charge in [-0.2, -0.15) is 0 Å². The minimum absolute atomic E-state index is 0.0543. The van der Waals surface area contributed by atoms with E-state index in [1.54, 1.807) is 20.8 Å². The van der Waals surface area contributed by atoms with Gasteiger partial charge in [0.25, 0.3) is 0 Å². The highest BCUT2D eigenvalue weighted by Crippen LogP contribution is 2.62. The first kappa shape index (κ1) is 114. The first-order chi connectivity index (χ1) is 67.9. The van der Waals surface area contributed by atoms with Crippen molar-refractivity contribution in [2.75, 3.05) is 52.7 Å². The van der Waals surface area contributed by atoms with Crippen LogP contribution in [0.5, 0.6) is 51.7 Å². The Morgan fingerprint density at radius 1 is 0.660 bits per heavy atom. The lowest BCUT2D eigenvalue weighted by molar-refractivity contribution is -0.338. The van der Waals surface area contributed by atoms with Crippen LogP contribution in [0.2, 0.25) is 10.0 Å². The number of Topliss-reactive ketones (excluding diaryl/α,β-unsaturated/α-hetero) is 1. The number of carboxylic acids is 1. The quantitative estimate of drug-likeness (QED) is 0.0142. The number of amides is 7. The Kier molecular flexibility index (Phi) is 39.7. The number of carbonyl (C=O) groups excluding carboxylic acids is 8. The van der Waals surface area contributed by atoms with Crippen LogP contribution in [0.3, 0.4) is 0 Å². The number of ketones is 1. The minimum atomic E-state index is -5.20. The molecule has 7 heterocycles. The maximum atomic E-state index is 16.5. The Bertz CT molecular complexity index is 5740. The summed E-state index contributed by atoms with van der Waals surface area (Å²) in [5.41, 5.74) is 0.150. The number of ether oxygens (including phenoxy) is 7. The van der Waals surface area contributed by atoms with Gasteiger partial charge in [0, 0.05) is 61.3 Å². The van der Waals surface area contributed by atoms with Crippen molar-refractivity contribution in [3.63, 3.8) is 0 Å². The fraction of sp³-hybridized carbons (Fsp3) is 0.516. The number of phenolic OH excluding ortho intramolecular Hbond substituents is 3. The number of phenols is 3. The van der Waals surface area contributed by atoms with Gasteiger partial charge in [0.15, 0.2) is 41.1 Å². The second-order valence-electron chi connectivity index (χ2n) is 36.6. The third kappa shape index (κ3) is 28.8. The smallest absolute Gasteiger partial charge is 0.340 e. The maximum Gasteiger partial charge on any atom is 0.340 e. The Labute approximate surface area is 836 Å². The van der Waals surface area contributed by atoms with E-state index in [-0.39, 0.29) is 73.7 Å². The molecule has 2 fully saturated rings. The van der Waals surface area contributed by atoms with E-state index in [0.717, 1.165) is 118 Å². The highest BCUT2D eigenvalue weighted by molar-refractivity contribution is 7.70. The number of carboxylic acid groups (broad SMARTS) is 1. The number of aromatic hydroxyl groups is 3. The lowest BCUT2D eigenvalue weighted by Gasteiger charge is -2.52. The van der Waals surface area contributed by atoms with Crippen LogP contribution in [0, 0.1) is 5.92 Å². The summed E-state index contributed by atoms with van der Waals surface area (Å²) in [7, 11) is -13.9. The zero-order chi connectivity index (χ0) is 105. The third-order valence-electron chi connectivity index (χ3n) is 25.5. The molecular formula is C93H124Cl2N11O35P3. The second kappa shape index (κ2) is 50.0. The van der Waals surface area contributed by atoms with Gasteiger partial charge in [0.05, 0.1) is 65.3 Å². The number of likely N-dealkylation sites (N-methyl/N-ethyl adjacent to an activating group) is 1. The van der Waals surface area contributed by atoms with Crippen LogP contribution in [0.4, 0.5) is 0 Å². The predicted octanol–water partition coefficient (Wildman–Crippen LogP) is 4.52. The summed E-state index contributed by atoms with van der Waals surface area (Å²) in [6.45, 7) is 7.82. The number of unbranched alkanes of at least 4 members (excludes halogenated alkanes) is 7. The number of aliphatic hydroxyl groups excluding tert-OH is 6. The number of halogens is 2. The van der Waals surface area contributed by atoms with Crippen molar-refractivity contribution in [1.29, 1.82) is 0 Å². The van der Waals surface area contributed by atoms with Gasteiger partial charge in [-0.25, -0.2) is 4.79 Å². The molecule has 144 heavy (non-hydrogen) atoms. The summed E-state index contributed by atoms with van der Waals surface area (Å²) in [4.78, 5) is 194. The predicted molar refractivity (Wildman–Crippen MR) is 514 cm³/mol. The van der Waals surface area contributed by atoms with Crippen LogP contribution >= 0.6 is 46.0 Å². The third-order valence-corrected chi connectivity index (χ3v) is 30.6. The van der Waals surface area contributed by atoms with Crippen molar-refractivity contribution in [2.24, 2.45) is 11.7 Å². The summed E-state index contributed by atoms with van der Waals surface area (Å²) >= 11 is 14.5. The highest BCUT2D eigenvalue weighted by atomic mass is 35.5. The molecule has 13 rings (SSSR count). The molecule has 6 aromatic carbocycles. The van der Waals surface area contributed by atoms with Gasteiger partial charge in [-0.05, 0) is 160 Å². The number of aliphatic carboxylic acids is 1. The molecule has 790 valence electrons. The summed E-state index contributed by atoms with van der Waals surface area (Å²) in [6, 6.07) is 2.65. The number of carbonyl (C=O) groups is 9. The molecule has 0 aromatic heterocycles. The molecule has 0 spiro atoms. The molecule has 7 amide bonds. The second-order valence-corrected chi connectivity index (χ2v) is 43.1. The van der Waals surface area contributed by atoms with E-state index >= 15 is 24.0 Å². The van der Waals surface area contributed by atoms with E-state index < -0.39 is 312 Å². The van der Waals surface area contributed by atoms with Crippen LogP contribution < -0.4 is 72.5 Å². The standard InChI is InChI=1S/C93H124Cl2N11O35P3/c1-7-8-9-10-11-12-13-14-28-98-29-31-106(30-27-60(108)47-17-22-52(23-18-47)135-32-15-16-70(143(129,130)131)144(132,133)134)93(5)41-69(136-46(4)84(93)117)140-83-81(116)80(115)67(43-107)139-92(83)141-82-65-37-51-38-66(82)138-64-26-21-50(36-57(64)95)78(113)76-90(123)103-74(91(124)125)54-39-62(110)55(42-99-44-142(126,127)128)79(114)71(54)53-34-48(19-24-61(53)109)72(87(120)105-76)102-88(121)73(51)101-86(119)59(40-68(96)111)100-89(122)75(104-85(118)58(97-6)33-45(2)3)77(112)49-20-25-63(137-65)56(94)35-49/h17-26,34-39,45-46,58-59,67,69-70,72-78,80-81,83-84,92,97-99,107,109-110,112-117H,7-16,27-33,40-44H2,1-6H3,(H2,96,111)(H,100,122)(H,101,119)(H,102,121)(H,103,123)(H,104,118)(H,105,120)(H,124,125)(H2,126,127,128)(H2,129,130,131)(H2,132,133,134)/t46-,58+,59-,67+,69-,72+,73+,74-,75+,76-,77+,78+,80+,81-,83+,84+,92-,93-/m0/s1. The summed E-state index contributed by atoms with van der Waals surface area (Å²) in [5.74, 6) is -18.1. The summed E-state index contributed by atoms with van der Waals surface area (Å²) in [5, 5.41) is 140. The number of hydrogen-bond donors (Lipinski definition) is 26. The molecule has 27 N–H and O–H groups in total. The first-order valence-corrected chi connectivity index (χ1v) is 52.6. The van der Waals surface area contributed by atoms with Gasteiger partial charge in [-0.3, -0.25) is 57.0 Å². The molecule has 51 heteroatoms. The average molecular weight is 2120 g/mol.